The SMILES string of the molecule is C#Cc1cccc(NC(=O)CN(C)C(=O)CCc2ccsc2)c1. The summed E-state index contributed by atoms with van der Waals surface area (Å²) in [4.78, 5) is 25.5. The minimum absolute atomic E-state index is 0.0166. The first-order chi connectivity index (χ1) is 11.1. The van der Waals surface area contributed by atoms with E-state index in [0.29, 0.717) is 24.1 Å². The number of likely N-dealkylation sites (N-methyl/N-ethyl adjacent to an activating group) is 1. The van der Waals surface area contributed by atoms with E-state index in [1.807, 2.05) is 16.8 Å². The van der Waals surface area contributed by atoms with E-state index in [-0.39, 0.29) is 18.4 Å². The average Bonchev–Trinajstić information content (AvgIpc) is 3.06. The lowest BCUT2D eigenvalue weighted by Gasteiger charge is -2.16. The first kappa shape index (κ1) is 16.8. The van der Waals surface area contributed by atoms with Gasteiger partial charge in [0.2, 0.25) is 11.8 Å². The molecule has 0 spiro atoms. The van der Waals surface area contributed by atoms with Crippen molar-refractivity contribution in [2.24, 2.45) is 0 Å². The van der Waals surface area contributed by atoms with Gasteiger partial charge in [-0.1, -0.05) is 12.0 Å². The summed E-state index contributed by atoms with van der Waals surface area (Å²) < 4.78 is 0. The van der Waals surface area contributed by atoms with Crippen LogP contribution in [-0.4, -0.2) is 30.3 Å². The van der Waals surface area contributed by atoms with Crippen LogP contribution in [0.4, 0.5) is 5.69 Å². The molecule has 2 rings (SSSR count). The van der Waals surface area contributed by atoms with Gasteiger partial charge in [0.15, 0.2) is 0 Å². The molecule has 0 saturated heterocycles. The molecule has 0 bridgehead atoms. The van der Waals surface area contributed by atoms with E-state index >= 15 is 0 Å². The maximum absolute atomic E-state index is 12.0. The van der Waals surface area contributed by atoms with Gasteiger partial charge < -0.3 is 10.2 Å². The number of anilines is 1. The average molecular weight is 326 g/mol. The third-order valence-electron chi connectivity index (χ3n) is 3.33. The fourth-order valence-corrected chi connectivity index (χ4v) is 2.77. The molecule has 0 radical (unpaired) electrons. The maximum Gasteiger partial charge on any atom is 0.243 e. The van der Waals surface area contributed by atoms with Crippen LogP contribution in [0.25, 0.3) is 0 Å². The van der Waals surface area contributed by atoms with Crippen molar-refractivity contribution in [1.29, 1.82) is 0 Å². The van der Waals surface area contributed by atoms with Crippen LogP contribution in [0, 0.1) is 12.3 Å². The molecular formula is C18H18N2O2S. The van der Waals surface area contributed by atoms with Crippen LogP contribution >= 0.6 is 11.3 Å². The topological polar surface area (TPSA) is 49.4 Å². The lowest BCUT2D eigenvalue weighted by molar-refractivity contribution is -0.133. The second-order valence-electron chi connectivity index (χ2n) is 5.15. The Bertz CT molecular complexity index is 717. The number of amides is 2. The number of terminal acetylenes is 1. The highest BCUT2D eigenvalue weighted by molar-refractivity contribution is 7.07. The Morgan fingerprint density at radius 1 is 1.35 bits per heavy atom. The second kappa shape index (κ2) is 8.16. The molecule has 23 heavy (non-hydrogen) atoms. The number of carbonyl (C=O) groups is 2. The number of thiophene rings is 1. The first-order valence-electron chi connectivity index (χ1n) is 7.20. The Balaban J connectivity index is 1.81. The maximum atomic E-state index is 12.0. The zero-order valence-corrected chi connectivity index (χ0v) is 13.7. The number of nitrogens with one attached hydrogen (secondary N) is 1. The van der Waals surface area contributed by atoms with Crippen molar-refractivity contribution in [2.75, 3.05) is 18.9 Å². The van der Waals surface area contributed by atoms with E-state index in [2.05, 4.69) is 11.2 Å². The lowest BCUT2D eigenvalue weighted by Crippen LogP contribution is -2.35. The molecule has 4 nitrogen and oxygen atoms in total. The number of nitrogens with zero attached hydrogens (tertiary/aromatic N) is 1. The predicted molar refractivity (Wildman–Crippen MR) is 93.3 cm³/mol. The van der Waals surface area contributed by atoms with Gasteiger partial charge in [0.1, 0.15) is 0 Å². The Kier molecular flexibility index (Phi) is 5.95. The molecule has 118 valence electrons. The molecule has 0 atom stereocenters. The monoisotopic (exact) mass is 326 g/mol. The Labute approximate surface area is 140 Å². The zero-order chi connectivity index (χ0) is 16.7. The van der Waals surface area contributed by atoms with Gasteiger partial charge in [-0.25, -0.2) is 0 Å². The molecule has 0 saturated carbocycles. The van der Waals surface area contributed by atoms with Crippen LogP contribution in [0.3, 0.4) is 0 Å². The summed E-state index contributed by atoms with van der Waals surface area (Å²) in [6.45, 7) is 0.0166. The highest BCUT2D eigenvalue weighted by Crippen LogP contribution is 2.11. The van der Waals surface area contributed by atoms with E-state index in [9.17, 15) is 9.59 Å². The Morgan fingerprint density at radius 3 is 2.87 bits per heavy atom. The molecule has 1 heterocycles. The molecule has 0 aliphatic rings. The fourth-order valence-electron chi connectivity index (χ4n) is 2.07. The van der Waals surface area contributed by atoms with Crippen LogP contribution in [0.2, 0.25) is 0 Å². The van der Waals surface area contributed by atoms with E-state index in [4.69, 9.17) is 6.42 Å². The van der Waals surface area contributed by atoms with Crippen molar-refractivity contribution in [3.05, 3.63) is 52.2 Å². The van der Waals surface area contributed by atoms with Crippen LogP contribution in [0.5, 0.6) is 0 Å². The molecule has 5 heteroatoms. The summed E-state index contributed by atoms with van der Waals surface area (Å²) >= 11 is 1.61. The third-order valence-corrected chi connectivity index (χ3v) is 4.06. The Morgan fingerprint density at radius 2 is 2.17 bits per heavy atom. The van der Waals surface area contributed by atoms with E-state index in [0.717, 1.165) is 5.56 Å². The normalized spacial score (nSPS) is 9.91. The molecule has 0 unspecified atom stereocenters. The summed E-state index contributed by atoms with van der Waals surface area (Å²) in [7, 11) is 1.63. The van der Waals surface area contributed by atoms with E-state index in [1.165, 1.54) is 4.90 Å². The first-order valence-corrected chi connectivity index (χ1v) is 8.14. The van der Waals surface area contributed by atoms with Crippen molar-refractivity contribution in [1.82, 2.24) is 4.90 Å². The van der Waals surface area contributed by atoms with E-state index in [1.54, 1.807) is 42.6 Å². The number of aryl methyl sites for hydroxylation is 1. The van der Waals surface area contributed by atoms with Crippen LogP contribution < -0.4 is 5.32 Å². The molecule has 0 aliphatic carbocycles. The van der Waals surface area contributed by atoms with Crippen molar-refractivity contribution < 1.29 is 9.59 Å². The molecular weight excluding hydrogens is 308 g/mol. The van der Waals surface area contributed by atoms with Crippen LogP contribution in [0.15, 0.2) is 41.1 Å². The summed E-state index contributed by atoms with van der Waals surface area (Å²) in [5.41, 5.74) is 2.47. The smallest absolute Gasteiger partial charge is 0.243 e. The van der Waals surface area contributed by atoms with Crippen molar-refractivity contribution in [3.63, 3.8) is 0 Å². The minimum atomic E-state index is -0.245. The molecule has 1 aromatic carbocycles. The van der Waals surface area contributed by atoms with Gasteiger partial charge in [0, 0.05) is 24.7 Å². The lowest BCUT2D eigenvalue weighted by atomic mass is 10.2. The molecule has 0 aliphatic heterocycles. The summed E-state index contributed by atoms with van der Waals surface area (Å²) in [5.74, 6) is 2.22. The molecule has 2 aromatic rings. The third kappa shape index (κ3) is 5.28. The van der Waals surface area contributed by atoms with Gasteiger partial charge in [-0.2, -0.15) is 11.3 Å². The van der Waals surface area contributed by atoms with Crippen molar-refractivity contribution in [3.8, 4) is 12.3 Å². The summed E-state index contributed by atoms with van der Waals surface area (Å²) in [6.07, 6.45) is 6.42. The molecule has 1 aromatic heterocycles. The minimum Gasteiger partial charge on any atom is -0.336 e. The number of hydrogen-bond donors (Lipinski definition) is 1. The van der Waals surface area contributed by atoms with Gasteiger partial charge in [0.05, 0.1) is 6.54 Å². The standard InChI is InChI=1S/C18H18N2O2S/c1-3-14-5-4-6-16(11-14)19-17(21)12-20(2)18(22)8-7-15-9-10-23-13-15/h1,4-6,9-11,13H,7-8,12H2,2H3,(H,19,21). The van der Waals surface area contributed by atoms with Gasteiger partial charge in [0.25, 0.3) is 0 Å². The summed E-state index contributed by atoms with van der Waals surface area (Å²) in [6, 6.07) is 9.05. The fraction of sp³-hybridized carbons (Fsp3) is 0.222. The molecule has 0 fully saturated rings. The largest absolute Gasteiger partial charge is 0.336 e. The number of hydrogen-bond acceptors (Lipinski definition) is 3. The number of rotatable bonds is 6. The number of carbonyl (C=O) groups excluding carboxylic acids is 2. The molecule has 1 N–H and O–H groups in total. The van der Waals surface area contributed by atoms with Gasteiger partial charge in [-0.05, 0) is 47.0 Å². The summed E-state index contributed by atoms with van der Waals surface area (Å²) in [5, 5.41) is 6.76. The van der Waals surface area contributed by atoms with E-state index < -0.39 is 0 Å². The van der Waals surface area contributed by atoms with Crippen molar-refractivity contribution >= 4 is 28.8 Å². The molecule has 2 amide bonds. The highest BCUT2D eigenvalue weighted by atomic mass is 32.1. The van der Waals surface area contributed by atoms with Crippen molar-refractivity contribution in [2.45, 2.75) is 12.8 Å². The van der Waals surface area contributed by atoms with Gasteiger partial charge in [-0.15, -0.1) is 6.42 Å². The van der Waals surface area contributed by atoms with Gasteiger partial charge in [-0.3, -0.25) is 9.59 Å². The zero-order valence-electron chi connectivity index (χ0n) is 12.9. The van der Waals surface area contributed by atoms with Gasteiger partial charge >= 0.3 is 0 Å². The quantitative estimate of drug-likeness (QED) is 0.830. The van der Waals surface area contributed by atoms with Crippen LogP contribution in [0.1, 0.15) is 17.5 Å². The van der Waals surface area contributed by atoms with Crippen LogP contribution in [-0.2, 0) is 16.0 Å². The number of benzene rings is 1. The predicted octanol–water partition coefficient (Wildman–Crippen LogP) is 2.76. The second-order valence-corrected chi connectivity index (χ2v) is 5.93. The Hall–Kier alpha value is -2.58. The highest BCUT2D eigenvalue weighted by Gasteiger charge is 2.13.